The lowest BCUT2D eigenvalue weighted by molar-refractivity contribution is 0.166. The van der Waals surface area contributed by atoms with E-state index in [1.807, 2.05) is 26.1 Å². The van der Waals surface area contributed by atoms with Gasteiger partial charge in [0.1, 0.15) is 5.82 Å². The van der Waals surface area contributed by atoms with E-state index in [0.29, 0.717) is 23.8 Å². The van der Waals surface area contributed by atoms with E-state index in [4.69, 9.17) is 4.52 Å². The molecule has 2 atom stereocenters. The van der Waals surface area contributed by atoms with Gasteiger partial charge in [0.05, 0.1) is 5.56 Å². The standard InChI is InChI=1S/C20H29N5O2/c1-13-9-17(20-22-14(2)24-27-20)19(21-10-13)25-8-7-18(15(11-25)12-26)23-16-5-3-4-6-16/h9-10,15-16,18,23,26H,3-8,11-12H2,1-2H3. The first-order chi connectivity index (χ1) is 13.1. The third-order valence-electron chi connectivity index (χ3n) is 5.83. The van der Waals surface area contributed by atoms with Gasteiger partial charge in [0.2, 0.25) is 0 Å². The van der Waals surface area contributed by atoms with E-state index < -0.39 is 0 Å². The number of nitrogens with zero attached hydrogens (tertiary/aromatic N) is 4. The Labute approximate surface area is 160 Å². The minimum Gasteiger partial charge on any atom is -0.396 e. The summed E-state index contributed by atoms with van der Waals surface area (Å²) in [5.41, 5.74) is 1.93. The Morgan fingerprint density at radius 3 is 2.78 bits per heavy atom. The second kappa shape index (κ2) is 7.94. The molecule has 27 heavy (non-hydrogen) atoms. The van der Waals surface area contributed by atoms with Gasteiger partial charge in [0.25, 0.3) is 5.89 Å². The number of aryl methyl sites for hydroxylation is 2. The van der Waals surface area contributed by atoms with Gasteiger partial charge in [0.15, 0.2) is 5.82 Å². The Bertz CT molecular complexity index is 771. The molecule has 2 N–H and O–H groups in total. The van der Waals surface area contributed by atoms with Crippen molar-refractivity contribution < 1.29 is 9.63 Å². The SMILES string of the molecule is Cc1cnc(N2CCC(NC3CCCC3)C(CO)C2)c(-c2nc(C)no2)c1. The topological polar surface area (TPSA) is 87.3 Å². The first kappa shape index (κ1) is 18.4. The Balaban J connectivity index is 1.54. The summed E-state index contributed by atoms with van der Waals surface area (Å²) in [5, 5.41) is 17.7. The van der Waals surface area contributed by atoms with Gasteiger partial charge in [-0.15, -0.1) is 0 Å². The summed E-state index contributed by atoms with van der Waals surface area (Å²) in [6.45, 7) is 5.69. The number of hydrogen-bond donors (Lipinski definition) is 2. The highest BCUT2D eigenvalue weighted by molar-refractivity contribution is 5.70. The van der Waals surface area contributed by atoms with Crippen LogP contribution in [0.3, 0.4) is 0 Å². The molecule has 2 aliphatic rings. The number of aromatic nitrogens is 3. The summed E-state index contributed by atoms with van der Waals surface area (Å²) < 4.78 is 5.41. The fraction of sp³-hybridized carbons (Fsp3) is 0.650. The minimum absolute atomic E-state index is 0.182. The quantitative estimate of drug-likeness (QED) is 0.835. The first-order valence-corrected chi connectivity index (χ1v) is 10.0. The van der Waals surface area contributed by atoms with Crippen molar-refractivity contribution >= 4 is 5.82 Å². The van der Waals surface area contributed by atoms with Crippen molar-refractivity contribution in [2.24, 2.45) is 5.92 Å². The van der Waals surface area contributed by atoms with Gasteiger partial charge in [-0.25, -0.2) is 4.98 Å². The number of aliphatic hydroxyl groups is 1. The number of aliphatic hydroxyl groups excluding tert-OH is 1. The molecule has 3 heterocycles. The fourth-order valence-electron chi connectivity index (χ4n) is 4.40. The molecule has 0 radical (unpaired) electrons. The van der Waals surface area contributed by atoms with Gasteiger partial charge in [-0.3, -0.25) is 0 Å². The number of pyridine rings is 1. The van der Waals surface area contributed by atoms with Crippen LogP contribution in [0.1, 0.15) is 43.5 Å². The molecule has 146 valence electrons. The largest absolute Gasteiger partial charge is 0.396 e. The lowest BCUT2D eigenvalue weighted by atomic mass is 9.91. The van der Waals surface area contributed by atoms with E-state index >= 15 is 0 Å². The normalized spacial score (nSPS) is 23.9. The maximum absolute atomic E-state index is 10.0. The zero-order chi connectivity index (χ0) is 18.8. The molecule has 0 aromatic carbocycles. The Morgan fingerprint density at radius 2 is 2.07 bits per heavy atom. The van der Waals surface area contributed by atoms with Crippen molar-refractivity contribution in [2.45, 2.75) is 58.0 Å². The first-order valence-electron chi connectivity index (χ1n) is 10.0. The van der Waals surface area contributed by atoms with Gasteiger partial charge in [0, 0.05) is 43.9 Å². The second-order valence-corrected chi connectivity index (χ2v) is 7.96. The molecule has 7 heteroatoms. The van der Waals surface area contributed by atoms with Crippen LogP contribution in [0.25, 0.3) is 11.5 Å². The Hall–Kier alpha value is -1.99. The number of nitrogens with one attached hydrogen (secondary N) is 1. The molecular formula is C20H29N5O2. The predicted octanol–water partition coefficient (Wildman–Crippen LogP) is 2.47. The smallest absolute Gasteiger partial charge is 0.261 e. The maximum Gasteiger partial charge on any atom is 0.261 e. The van der Waals surface area contributed by atoms with Crippen LogP contribution in [0.15, 0.2) is 16.8 Å². The van der Waals surface area contributed by atoms with E-state index in [1.165, 1.54) is 25.7 Å². The van der Waals surface area contributed by atoms with Crippen molar-refractivity contribution in [3.63, 3.8) is 0 Å². The fourth-order valence-corrected chi connectivity index (χ4v) is 4.40. The molecule has 7 nitrogen and oxygen atoms in total. The van der Waals surface area contributed by atoms with Crippen LogP contribution in [-0.2, 0) is 0 Å². The van der Waals surface area contributed by atoms with Crippen LogP contribution in [0.2, 0.25) is 0 Å². The third-order valence-corrected chi connectivity index (χ3v) is 5.83. The van der Waals surface area contributed by atoms with Crippen molar-refractivity contribution in [1.82, 2.24) is 20.4 Å². The van der Waals surface area contributed by atoms with Crippen LogP contribution in [0, 0.1) is 19.8 Å². The molecule has 4 rings (SSSR count). The van der Waals surface area contributed by atoms with E-state index in [2.05, 4.69) is 25.3 Å². The van der Waals surface area contributed by atoms with E-state index in [1.54, 1.807) is 0 Å². The van der Waals surface area contributed by atoms with E-state index in [-0.39, 0.29) is 12.5 Å². The monoisotopic (exact) mass is 371 g/mol. The highest BCUT2D eigenvalue weighted by atomic mass is 16.5. The minimum atomic E-state index is 0.182. The lowest BCUT2D eigenvalue weighted by Gasteiger charge is -2.40. The van der Waals surface area contributed by atoms with Crippen molar-refractivity contribution in [3.05, 3.63) is 23.7 Å². The van der Waals surface area contributed by atoms with Gasteiger partial charge in [-0.1, -0.05) is 18.0 Å². The van der Waals surface area contributed by atoms with Crippen LogP contribution < -0.4 is 10.2 Å². The average molecular weight is 371 g/mol. The van der Waals surface area contributed by atoms with Crippen molar-refractivity contribution in [1.29, 1.82) is 0 Å². The maximum atomic E-state index is 10.0. The molecule has 1 aliphatic carbocycles. The van der Waals surface area contributed by atoms with Crippen LogP contribution >= 0.6 is 0 Å². The zero-order valence-corrected chi connectivity index (χ0v) is 16.2. The molecular weight excluding hydrogens is 342 g/mol. The molecule has 2 aromatic heterocycles. The number of anilines is 1. The summed E-state index contributed by atoms with van der Waals surface area (Å²) in [7, 11) is 0. The van der Waals surface area contributed by atoms with E-state index in [9.17, 15) is 5.11 Å². The highest BCUT2D eigenvalue weighted by Crippen LogP contribution is 2.32. The second-order valence-electron chi connectivity index (χ2n) is 7.96. The highest BCUT2D eigenvalue weighted by Gasteiger charge is 2.32. The summed E-state index contributed by atoms with van der Waals surface area (Å²) in [4.78, 5) is 11.3. The van der Waals surface area contributed by atoms with Crippen LogP contribution in [0.5, 0.6) is 0 Å². The third kappa shape index (κ3) is 3.99. The van der Waals surface area contributed by atoms with Crippen LogP contribution in [-0.4, -0.2) is 52.0 Å². The molecule has 2 aromatic rings. The molecule has 1 aliphatic heterocycles. The van der Waals surface area contributed by atoms with Gasteiger partial charge < -0.3 is 19.8 Å². The molecule has 1 saturated carbocycles. The Morgan fingerprint density at radius 1 is 1.26 bits per heavy atom. The van der Waals surface area contributed by atoms with E-state index in [0.717, 1.165) is 36.5 Å². The summed E-state index contributed by atoms with van der Waals surface area (Å²) >= 11 is 0. The summed E-state index contributed by atoms with van der Waals surface area (Å²) in [6.07, 6.45) is 8.04. The van der Waals surface area contributed by atoms with Gasteiger partial charge >= 0.3 is 0 Å². The predicted molar refractivity (Wildman–Crippen MR) is 104 cm³/mol. The average Bonchev–Trinajstić information content (AvgIpc) is 3.34. The number of rotatable bonds is 5. The molecule has 1 saturated heterocycles. The van der Waals surface area contributed by atoms with Crippen LogP contribution in [0.4, 0.5) is 5.82 Å². The molecule has 0 spiro atoms. The summed E-state index contributed by atoms with van der Waals surface area (Å²) in [6, 6.07) is 3.03. The molecule has 0 amide bonds. The molecule has 2 unspecified atom stereocenters. The lowest BCUT2D eigenvalue weighted by Crippen LogP contribution is -2.53. The Kier molecular flexibility index (Phi) is 5.41. The summed E-state index contributed by atoms with van der Waals surface area (Å²) in [5.74, 6) is 2.18. The van der Waals surface area contributed by atoms with Crippen molar-refractivity contribution in [2.75, 3.05) is 24.6 Å². The van der Waals surface area contributed by atoms with Gasteiger partial charge in [-0.05, 0) is 44.7 Å². The van der Waals surface area contributed by atoms with Gasteiger partial charge in [-0.2, -0.15) is 4.98 Å². The zero-order valence-electron chi connectivity index (χ0n) is 16.2. The number of hydrogen-bond acceptors (Lipinski definition) is 7. The molecule has 0 bridgehead atoms. The number of piperidine rings is 1. The molecule has 2 fully saturated rings. The van der Waals surface area contributed by atoms with Crippen molar-refractivity contribution in [3.8, 4) is 11.5 Å².